The van der Waals surface area contributed by atoms with Crippen LogP contribution in [0.3, 0.4) is 0 Å². The third kappa shape index (κ3) is 3.32. The van der Waals surface area contributed by atoms with E-state index < -0.39 is 21.5 Å². The molecule has 0 bridgehead atoms. The van der Waals surface area contributed by atoms with E-state index in [4.69, 9.17) is 0 Å². The number of sulfone groups is 1. The molecular weight excluding hydrogens is 293 g/mol. The fourth-order valence-electron chi connectivity index (χ4n) is 0.975. The molecule has 0 aliphatic carbocycles. The second kappa shape index (κ2) is 5.82. The van der Waals surface area contributed by atoms with E-state index in [0.29, 0.717) is 0 Å². The van der Waals surface area contributed by atoms with Crippen molar-refractivity contribution in [3.05, 3.63) is 22.4 Å². The molecule has 0 saturated carbocycles. The zero-order chi connectivity index (χ0) is 11.6. The van der Waals surface area contributed by atoms with Crippen molar-refractivity contribution in [1.82, 2.24) is 4.98 Å². The van der Waals surface area contributed by atoms with Crippen molar-refractivity contribution in [2.24, 2.45) is 0 Å². The minimum absolute atomic E-state index is 0. The molecule has 5 nitrogen and oxygen atoms in total. The molecule has 1 rings (SSSR count). The Morgan fingerprint density at radius 2 is 2.06 bits per heavy atom. The molecule has 0 atom stereocenters. The predicted molar refractivity (Wildman–Crippen MR) is 54.0 cm³/mol. The minimum atomic E-state index is -3.59. The van der Waals surface area contributed by atoms with Crippen LogP contribution in [0.5, 0.6) is 0 Å². The number of hydrogen-bond donors (Lipinski definition) is 0. The van der Waals surface area contributed by atoms with Gasteiger partial charge in [0, 0.05) is 0 Å². The molecule has 1 aromatic rings. The summed E-state index contributed by atoms with van der Waals surface area (Å²) in [6, 6.07) is 2.57. The second-order valence-corrected chi connectivity index (χ2v) is 5.73. The van der Waals surface area contributed by atoms with E-state index in [0.717, 1.165) is 0 Å². The summed E-state index contributed by atoms with van der Waals surface area (Å²) in [6.07, 6.45) is 0. The predicted octanol–water partition coefficient (Wildman–Crippen LogP) is -2.99. The summed E-state index contributed by atoms with van der Waals surface area (Å²) < 4.78 is 23.2. The Bertz CT molecular complexity index is 503. The van der Waals surface area contributed by atoms with Crippen molar-refractivity contribution < 1.29 is 37.2 Å². The number of rotatable bonds is 3. The van der Waals surface area contributed by atoms with E-state index >= 15 is 0 Å². The Morgan fingerprint density at radius 3 is 2.50 bits per heavy atom. The Balaban J connectivity index is 0.00000225. The summed E-state index contributed by atoms with van der Waals surface area (Å²) in [5.41, 5.74) is -0.564. The van der Waals surface area contributed by atoms with Gasteiger partial charge in [0.1, 0.15) is 10.3 Å². The molecule has 0 aromatic carbocycles. The topological polar surface area (TPSA) is 87.2 Å². The molecule has 0 saturated heterocycles. The molecule has 0 aliphatic heterocycles. The summed E-state index contributed by atoms with van der Waals surface area (Å²) in [5.74, 6) is -1.79. The average Bonchev–Trinajstić information content (AvgIpc) is 2.17. The molecule has 0 aliphatic rings. The SMILES string of the molecule is CCS(=O)(=O)c1ccc(Br)nc1C(=O)[O-].[Li+]. The van der Waals surface area contributed by atoms with Crippen molar-refractivity contribution in [2.75, 3.05) is 5.75 Å². The number of carboxylic acid groups (broad SMARTS) is 1. The Labute approximate surface area is 113 Å². The largest absolute Gasteiger partial charge is 1.00 e. The van der Waals surface area contributed by atoms with Crippen molar-refractivity contribution >= 4 is 31.7 Å². The second-order valence-electron chi connectivity index (χ2n) is 2.67. The molecule has 82 valence electrons. The molecule has 0 amide bonds. The first kappa shape index (κ1) is 15.6. The monoisotopic (exact) mass is 299 g/mol. The Hall–Kier alpha value is -0.353. The quantitative estimate of drug-likeness (QED) is 0.439. The van der Waals surface area contributed by atoms with Crippen LogP contribution in [0, 0.1) is 0 Å². The van der Waals surface area contributed by atoms with E-state index in [1.54, 1.807) is 0 Å². The zero-order valence-electron chi connectivity index (χ0n) is 8.73. The van der Waals surface area contributed by atoms with Gasteiger partial charge in [0.2, 0.25) is 0 Å². The first-order valence-electron chi connectivity index (χ1n) is 3.99. The van der Waals surface area contributed by atoms with E-state index in [9.17, 15) is 18.3 Å². The van der Waals surface area contributed by atoms with Gasteiger partial charge in [-0.25, -0.2) is 13.4 Å². The summed E-state index contributed by atoms with van der Waals surface area (Å²) in [5, 5.41) is 10.7. The number of aromatic carboxylic acids is 1. The van der Waals surface area contributed by atoms with Crippen LogP contribution >= 0.6 is 15.9 Å². The molecule has 0 N–H and O–H groups in total. The van der Waals surface area contributed by atoms with Gasteiger partial charge in [-0.1, -0.05) is 6.92 Å². The standard InChI is InChI=1S/C8H8BrNO4S.Li/c1-2-15(13,14)5-3-4-6(9)10-7(5)8(11)12;/h3-4H,2H2,1H3,(H,11,12);/q;+1/p-1. The van der Waals surface area contributed by atoms with E-state index in [2.05, 4.69) is 20.9 Å². The van der Waals surface area contributed by atoms with Crippen LogP contribution in [0.4, 0.5) is 0 Å². The normalized spacial score (nSPS) is 10.6. The molecule has 1 heterocycles. The van der Waals surface area contributed by atoms with Crippen molar-refractivity contribution in [2.45, 2.75) is 11.8 Å². The molecule has 8 heteroatoms. The summed E-state index contributed by atoms with van der Waals surface area (Å²) in [7, 11) is -3.59. The maximum absolute atomic E-state index is 11.5. The molecule has 1 aromatic heterocycles. The molecular formula is C8H7BrLiNO4S. The zero-order valence-corrected chi connectivity index (χ0v) is 11.1. The maximum Gasteiger partial charge on any atom is 1.00 e. The smallest absolute Gasteiger partial charge is 0.543 e. The number of halogens is 1. The maximum atomic E-state index is 11.5. The number of carboxylic acids is 1. The van der Waals surface area contributed by atoms with Crippen LogP contribution in [0.1, 0.15) is 17.4 Å². The van der Waals surface area contributed by atoms with Gasteiger partial charge in [0.05, 0.1) is 16.6 Å². The first-order valence-corrected chi connectivity index (χ1v) is 6.43. The van der Waals surface area contributed by atoms with Gasteiger partial charge in [-0.15, -0.1) is 0 Å². The van der Waals surface area contributed by atoms with Crippen LogP contribution in [-0.2, 0) is 9.84 Å². The molecule has 16 heavy (non-hydrogen) atoms. The van der Waals surface area contributed by atoms with Crippen LogP contribution < -0.4 is 24.0 Å². The molecule has 0 fully saturated rings. The Kier molecular flexibility index (Phi) is 5.69. The third-order valence-corrected chi connectivity index (χ3v) is 3.93. The van der Waals surface area contributed by atoms with Gasteiger partial charge < -0.3 is 9.90 Å². The fraction of sp³-hybridized carbons (Fsp3) is 0.250. The van der Waals surface area contributed by atoms with Crippen molar-refractivity contribution in [1.29, 1.82) is 0 Å². The van der Waals surface area contributed by atoms with Crippen molar-refractivity contribution in [3.8, 4) is 0 Å². The van der Waals surface area contributed by atoms with E-state index in [1.165, 1.54) is 19.1 Å². The van der Waals surface area contributed by atoms with E-state index in [-0.39, 0.29) is 34.1 Å². The summed E-state index contributed by atoms with van der Waals surface area (Å²) in [6.45, 7) is 1.43. The van der Waals surface area contributed by atoms with Crippen LogP contribution in [-0.4, -0.2) is 25.1 Å². The summed E-state index contributed by atoms with van der Waals surface area (Å²) in [4.78, 5) is 13.9. The number of hydrogen-bond acceptors (Lipinski definition) is 5. The van der Waals surface area contributed by atoms with Crippen molar-refractivity contribution in [3.63, 3.8) is 0 Å². The molecule has 0 spiro atoms. The van der Waals surface area contributed by atoms with Gasteiger partial charge in [0.25, 0.3) is 0 Å². The number of carbonyl (C=O) groups is 1. The van der Waals surface area contributed by atoms with Crippen LogP contribution in [0.2, 0.25) is 0 Å². The number of pyridine rings is 1. The van der Waals surface area contributed by atoms with Gasteiger partial charge in [-0.3, -0.25) is 0 Å². The van der Waals surface area contributed by atoms with Gasteiger partial charge >= 0.3 is 18.9 Å². The third-order valence-electron chi connectivity index (χ3n) is 1.73. The van der Waals surface area contributed by atoms with Gasteiger partial charge in [-0.05, 0) is 28.1 Å². The van der Waals surface area contributed by atoms with E-state index in [1.807, 2.05) is 0 Å². The Morgan fingerprint density at radius 1 is 1.50 bits per heavy atom. The van der Waals surface area contributed by atoms with Gasteiger partial charge in [-0.2, -0.15) is 0 Å². The number of aromatic nitrogens is 1. The van der Waals surface area contributed by atoms with Crippen LogP contribution in [0.15, 0.2) is 21.6 Å². The minimum Gasteiger partial charge on any atom is -0.543 e. The molecule has 0 radical (unpaired) electrons. The number of nitrogens with zero attached hydrogens (tertiary/aromatic N) is 1. The van der Waals surface area contributed by atoms with Crippen LogP contribution in [0.25, 0.3) is 0 Å². The average molecular weight is 300 g/mol. The first-order chi connectivity index (χ1) is 6.88. The van der Waals surface area contributed by atoms with Gasteiger partial charge in [0.15, 0.2) is 9.84 Å². The summed E-state index contributed by atoms with van der Waals surface area (Å²) >= 11 is 2.96. The number of carbonyl (C=O) groups excluding carboxylic acids is 1. The molecule has 0 unspecified atom stereocenters. The fourth-order valence-corrected chi connectivity index (χ4v) is 2.29.